The first-order valence-electron chi connectivity index (χ1n) is 6.13. The van der Waals surface area contributed by atoms with Crippen molar-refractivity contribution in [3.05, 3.63) is 11.4 Å². The van der Waals surface area contributed by atoms with Crippen LogP contribution in [0.1, 0.15) is 44.5 Å². The van der Waals surface area contributed by atoms with E-state index in [2.05, 4.69) is 14.9 Å². The Labute approximate surface area is 108 Å². The van der Waals surface area contributed by atoms with Gasteiger partial charge in [-0.3, -0.25) is 5.10 Å². The lowest BCUT2D eigenvalue weighted by molar-refractivity contribution is 0.273. The minimum atomic E-state index is -3.63. The molecule has 18 heavy (non-hydrogen) atoms. The number of rotatable bonds is 7. The van der Waals surface area contributed by atoms with E-state index >= 15 is 0 Å². The smallest absolute Gasteiger partial charge is 0.244 e. The molecule has 0 aliphatic rings. The second-order valence-electron chi connectivity index (χ2n) is 4.30. The average Bonchev–Trinajstić information content (AvgIpc) is 2.70. The van der Waals surface area contributed by atoms with Crippen molar-refractivity contribution >= 4 is 10.0 Å². The number of sulfonamides is 1. The van der Waals surface area contributed by atoms with Gasteiger partial charge in [0, 0.05) is 6.04 Å². The minimum Gasteiger partial charge on any atom is -0.390 e. The third-order valence-electron chi connectivity index (χ3n) is 2.83. The molecule has 0 aliphatic heterocycles. The molecule has 7 heteroatoms. The lowest BCUT2D eigenvalue weighted by Crippen LogP contribution is -2.34. The minimum absolute atomic E-state index is 0.0690. The Hall–Kier alpha value is -0.920. The normalized spacial score (nSPS) is 13.8. The van der Waals surface area contributed by atoms with Gasteiger partial charge in [-0.25, -0.2) is 13.1 Å². The first-order chi connectivity index (χ1) is 8.46. The van der Waals surface area contributed by atoms with Crippen LogP contribution in [0.3, 0.4) is 0 Å². The van der Waals surface area contributed by atoms with Crippen molar-refractivity contribution in [1.29, 1.82) is 0 Å². The first kappa shape index (κ1) is 15.1. The van der Waals surface area contributed by atoms with E-state index < -0.39 is 16.6 Å². The van der Waals surface area contributed by atoms with Gasteiger partial charge in [-0.1, -0.05) is 20.3 Å². The highest BCUT2D eigenvalue weighted by molar-refractivity contribution is 7.89. The molecule has 1 unspecified atom stereocenters. The highest BCUT2D eigenvalue weighted by Gasteiger charge is 2.25. The van der Waals surface area contributed by atoms with Gasteiger partial charge in [-0.2, -0.15) is 5.10 Å². The van der Waals surface area contributed by atoms with Crippen molar-refractivity contribution in [1.82, 2.24) is 14.9 Å². The number of hydrogen-bond donors (Lipinski definition) is 3. The average molecular weight is 275 g/mol. The summed E-state index contributed by atoms with van der Waals surface area (Å²) >= 11 is 0. The van der Waals surface area contributed by atoms with Crippen molar-refractivity contribution in [2.75, 3.05) is 0 Å². The van der Waals surface area contributed by atoms with E-state index in [1.54, 1.807) is 6.92 Å². The summed E-state index contributed by atoms with van der Waals surface area (Å²) in [5.74, 6) is 0. The molecule has 3 N–H and O–H groups in total. The molecule has 104 valence electrons. The molecule has 0 fully saturated rings. The monoisotopic (exact) mass is 275 g/mol. The van der Waals surface area contributed by atoms with Crippen LogP contribution < -0.4 is 4.72 Å². The van der Waals surface area contributed by atoms with Crippen LogP contribution in [0.25, 0.3) is 0 Å². The number of nitrogens with one attached hydrogen (secondary N) is 2. The second kappa shape index (κ2) is 6.31. The molecule has 0 spiro atoms. The third-order valence-corrected chi connectivity index (χ3v) is 4.55. The molecule has 0 radical (unpaired) electrons. The van der Waals surface area contributed by atoms with E-state index in [1.165, 1.54) is 0 Å². The molecule has 0 amide bonds. The molecule has 0 saturated carbocycles. The predicted molar refractivity (Wildman–Crippen MR) is 68.6 cm³/mol. The number of nitrogens with zero attached hydrogens (tertiary/aromatic N) is 1. The van der Waals surface area contributed by atoms with Crippen molar-refractivity contribution in [2.45, 2.75) is 57.6 Å². The Balaban J connectivity index is 3.02. The molecule has 6 nitrogen and oxygen atoms in total. The number of H-pyrrole nitrogens is 1. The van der Waals surface area contributed by atoms with E-state index in [0.29, 0.717) is 5.69 Å². The fraction of sp³-hybridized carbons (Fsp3) is 0.727. The number of aromatic nitrogens is 2. The van der Waals surface area contributed by atoms with E-state index in [9.17, 15) is 8.42 Å². The molecule has 1 heterocycles. The number of aromatic amines is 1. The summed E-state index contributed by atoms with van der Waals surface area (Å²) in [6.07, 6.45) is 2.44. The molecule has 0 saturated heterocycles. The molecule has 0 aromatic carbocycles. The Morgan fingerprint density at radius 1 is 1.44 bits per heavy atom. The maximum Gasteiger partial charge on any atom is 0.244 e. The van der Waals surface area contributed by atoms with Gasteiger partial charge in [0.1, 0.15) is 10.6 Å². The topological polar surface area (TPSA) is 95.1 Å². The van der Waals surface area contributed by atoms with Crippen LogP contribution >= 0.6 is 0 Å². The number of hydrogen-bond acceptors (Lipinski definition) is 4. The maximum atomic E-state index is 12.3. The number of aliphatic hydroxyl groups is 1. The molecule has 1 rings (SSSR count). The van der Waals surface area contributed by atoms with Gasteiger partial charge in [0.15, 0.2) is 0 Å². The zero-order valence-corrected chi connectivity index (χ0v) is 11.8. The van der Waals surface area contributed by atoms with Crippen LogP contribution in [0.2, 0.25) is 0 Å². The fourth-order valence-electron chi connectivity index (χ4n) is 1.91. The van der Waals surface area contributed by atoms with Gasteiger partial charge in [-0.05, 0) is 19.8 Å². The summed E-state index contributed by atoms with van der Waals surface area (Å²) in [4.78, 5) is 0.0690. The molecule has 1 aromatic heterocycles. The van der Waals surface area contributed by atoms with Crippen LogP contribution in [0.5, 0.6) is 0 Å². The molecule has 1 atom stereocenters. The van der Waals surface area contributed by atoms with Gasteiger partial charge >= 0.3 is 0 Å². The molecular weight excluding hydrogens is 254 g/mol. The van der Waals surface area contributed by atoms with Gasteiger partial charge in [0.25, 0.3) is 0 Å². The van der Waals surface area contributed by atoms with Crippen LogP contribution in [0.4, 0.5) is 0 Å². The SMILES string of the molecule is CCCC(CC)NS(=O)(=O)c1c(CO)n[nH]c1C. The van der Waals surface area contributed by atoms with Gasteiger partial charge in [0.05, 0.1) is 12.3 Å². The van der Waals surface area contributed by atoms with E-state index in [4.69, 9.17) is 5.11 Å². The summed E-state index contributed by atoms with van der Waals surface area (Å²) < 4.78 is 27.2. The Kier molecular flexibility index (Phi) is 5.30. The Morgan fingerprint density at radius 2 is 2.11 bits per heavy atom. The standard InChI is InChI=1S/C11H21N3O3S/c1-4-6-9(5-2)14-18(16,17)11-8(3)12-13-10(11)7-15/h9,14-15H,4-7H2,1-3H3,(H,12,13). The van der Waals surface area contributed by atoms with Gasteiger partial charge in [0.2, 0.25) is 10.0 Å². The van der Waals surface area contributed by atoms with Crippen molar-refractivity contribution in [3.63, 3.8) is 0 Å². The van der Waals surface area contributed by atoms with Crippen LogP contribution in [-0.2, 0) is 16.6 Å². The number of aryl methyl sites for hydroxylation is 1. The van der Waals surface area contributed by atoms with E-state index in [-0.39, 0.29) is 16.6 Å². The highest BCUT2D eigenvalue weighted by atomic mass is 32.2. The molecule has 0 bridgehead atoms. The largest absolute Gasteiger partial charge is 0.390 e. The predicted octanol–water partition coefficient (Wildman–Crippen LogP) is 1.07. The summed E-state index contributed by atoms with van der Waals surface area (Å²) in [5, 5.41) is 15.5. The molecule has 1 aromatic rings. The third kappa shape index (κ3) is 3.30. The first-order valence-corrected chi connectivity index (χ1v) is 7.61. The van der Waals surface area contributed by atoms with Crippen molar-refractivity contribution in [3.8, 4) is 0 Å². The second-order valence-corrected chi connectivity index (χ2v) is 5.95. The summed E-state index contributed by atoms with van der Waals surface area (Å²) in [5.41, 5.74) is 0.601. The van der Waals surface area contributed by atoms with Gasteiger partial charge < -0.3 is 5.11 Å². The lowest BCUT2D eigenvalue weighted by Gasteiger charge is -2.16. The van der Waals surface area contributed by atoms with Crippen LogP contribution in [0.15, 0.2) is 4.90 Å². The highest BCUT2D eigenvalue weighted by Crippen LogP contribution is 2.18. The van der Waals surface area contributed by atoms with Crippen molar-refractivity contribution < 1.29 is 13.5 Å². The summed E-state index contributed by atoms with van der Waals surface area (Å²) in [7, 11) is -3.63. The molecule has 0 aliphatic carbocycles. The number of aliphatic hydroxyl groups excluding tert-OH is 1. The fourth-order valence-corrected chi connectivity index (χ4v) is 3.62. The van der Waals surface area contributed by atoms with E-state index in [1.807, 2.05) is 13.8 Å². The summed E-state index contributed by atoms with van der Waals surface area (Å²) in [6.45, 7) is 5.18. The lowest BCUT2D eigenvalue weighted by atomic mass is 10.1. The Bertz CT molecular complexity index is 482. The van der Waals surface area contributed by atoms with Crippen molar-refractivity contribution in [2.24, 2.45) is 0 Å². The zero-order chi connectivity index (χ0) is 13.8. The maximum absolute atomic E-state index is 12.3. The van der Waals surface area contributed by atoms with Crippen LogP contribution in [-0.4, -0.2) is 29.8 Å². The quantitative estimate of drug-likeness (QED) is 0.693. The van der Waals surface area contributed by atoms with E-state index in [0.717, 1.165) is 19.3 Å². The summed E-state index contributed by atoms with van der Waals surface area (Å²) in [6, 6.07) is -0.0826. The molecular formula is C11H21N3O3S. The van der Waals surface area contributed by atoms with Crippen LogP contribution in [0, 0.1) is 6.92 Å². The van der Waals surface area contributed by atoms with Gasteiger partial charge in [-0.15, -0.1) is 0 Å². The zero-order valence-electron chi connectivity index (χ0n) is 11.0. The Morgan fingerprint density at radius 3 is 2.61 bits per heavy atom.